The van der Waals surface area contributed by atoms with E-state index in [1.54, 1.807) is 12.1 Å². The molecule has 26 heavy (non-hydrogen) atoms. The van der Waals surface area contributed by atoms with E-state index in [9.17, 15) is 9.59 Å². The van der Waals surface area contributed by atoms with Crippen molar-refractivity contribution in [3.05, 3.63) is 41.1 Å². The zero-order valence-corrected chi connectivity index (χ0v) is 16.0. The molecule has 1 aromatic carbocycles. The fourth-order valence-electron chi connectivity index (χ4n) is 3.11. The molecule has 3 rings (SSSR count). The number of hydrogen-bond acceptors (Lipinski definition) is 4. The monoisotopic (exact) mass is 374 g/mol. The maximum atomic E-state index is 12.4. The van der Waals surface area contributed by atoms with E-state index in [4.69, 9.17) is 16.0 Å². The van der Waals surface area contributed by atoms with Gasteiger partial charge in [0.05, 0.1) is 10.7 Å². The Kier molecular flexibility index (Phi) is 5.10. The molecule has 5 nitrogen and oxygen atoms in total. The molecule has 0 saturated carbocycles. The largest absolute Gasteiger partial charge is 0.453 e. The summed E-state index contributed by atoms with van der Waals surface area (Å²) in [6.45, 7) is 8.71. The van der Waals surface area contributed by atoms with Crippen molar-refractivity contribution in [1.82, 2.24) is 4.90 Å². The summed E-state index contributed by atoms with van der Waals surface area (Å²) < 4.78 is 5.45. The smallest absolute Gasteiger partial charge is 0.228 e. The molecular formula is C20H23ClN2O3. The van der Waals surface area contributed by atoms with Crippen LogP contribution in [0.5, 0.6) is 0 Å². The van der Waals surface area contributed by atoms with Crippen molar-refractivity contribution in [1.29, 1.82) is 0 Å². The molecule has 0 aliphatic carbocycles. The molecule has 1 aromatic heterocycles. The molecule has 2 aromatic rings. The van der Waals surface area contributed by atoms with Gasteiger partial charge in [0, 0.05) is 37.2 Å². The number of carbonyl (C=O) groups excluding carboxylic acids is 2. The van der Waals surface area contributed by atoms with Crippen molar-refractivity contribution < 1.29 is 14.0 Å². The third kappa shape index (κ3) is 3.78. The Balaban J connectivity index is 1.71. The van der Waals surface area contributed by atoms with Crippen LogP contribution in [0.2, 0.25) is 5.02 Å². The maximum Gasteiger partial charge on any atom is 0.228 e. The Morgan fingerprint density at radius 3 is 2.35 bits per heavy atom. The average molecular weight is 375 g/mol. The minimum absolute atomic E-state index is 0.183. The predicted molar refractivity (Wildman–Crippen MR) is 103 cm³/mol. The van der Waals surface area contributed by atoms with Gasteiger partial charge in [-0.15, -0.1) is 0 Å². The molecule has 1 aliphatic rings. The molecule has 0 spiro atoms. The average Bonchev–Trinajstić information content (AvgIpc) is 3.09. The molecule has 138 valence electrons. The fraction of sp³-hybridized carbons (Fsp3) is 0.400. The standard InChI is InChI=1S/C20H23ClN2O3/c1-20(2,3)19(25)23-10-8-22(9-11-23)17-6-4-14(12-16(17)21)18-7-5-15(13-24)26-18/h4-7,12-13H,8-11H2,1-3H3. The van der Waals surface area contributed by atoms with E-state index in [-0.39, 0.29) is 11.3 Å². The Hall–Kier alpha value is -2.27. The lowest BCUT2D eigenvalue weighted by Crippen LogP contribution is -2.51. The summed E-state index contributed by atoms with van der Waals surface area (Å²) in [7, 11) is 0. The van der Waals surface area contributed by atoms with Gasteiger partial charge in [-0.3, -0.25) is 9.59 Å². The third-order valence-electron chi connectivity index (χ3n) is 4.52. The van der Waals surface area contributed by atoms with E-state index < -0.39 is 0 Å². The van der Waals surface area contributed by atoms with E-state index in [1.165, 1.54) is 0 Å². The first-order chi connectivity index (χ1) is 12.3. The molecule has 0 radical (unpaired) electrons. The van der Waals surface area contributed by atoms with Crippen LogP contribution in [0.15, 0.2) is 34.7 Å². The van der Waals surface area contributed by atoms with Gasteiger partial charge in [-0.05, 0) is 30.3 Å². The van der Waals surface area contributed by atoms with Crippen LogP contribution >= 0.6 is 11.6 Å². The van der Waals surface area contributed by atoms with Gasteiger partial charge in [-0.25, -0.2) is 0 Å². The Bertz CT molecular complexity index is 815. The van der Waals surface area contributed by atoms with Gasteiger partial charge in [0.25, 0.3) is 0 Å². The van der Waals surface area contributed by atoms with Crippen molar-refractivity contribution in [2.24, 2.45) is 5.41 Å². The Morgan fingerprint density at radius 2 is 1.81 bits per heavy atom. The predicted octanol–water partition coefficient (Wildman–Crippen LogP) is 4.11. The summed E-state index contributed by atoms with van der Waals surface area (Å²) in [4.78, 5) is 27.3. The van der Waals surface area contributed by atoms with Crippen molar-refractivity contribution in [2.45, 2.75) is 20.8 Å². The van der Waals surface area contributed by atoms with Crippen LogP contribution in [0.25, 0.3) is 11.3 Å². The molecule has 1 saturated heterocycles. The number of hydrogen-bond donors (Lipinski definition) is 0. The molecule has 0 unspecified atom stereocenters. The summed E-state index contributed by atoms with van der Waals surface area (Å²) >= 11 is 6.49. The van der Waals surface area contributed by atoms with Gasteiger partial charge in [-0.1, -0.05) is 32.4 Å². The molecular weight excluding hydrogens is 352 g/mol. The van der Waals surface area contributed by atoms with Crippen LogP contribution in [-0.4, -0.2) is 43.3 Å². The highest BCUT2D eigenvalue weighted by Crippen LogP contribution is 2.32. The van der Waals surface area contributed by atoms with Gasteiger partial charge in [0.1, 0.15) is 5.76 Å². The van der Waals surface area contributed by atoms with E-state index in [0.29, 0.717) is 35.9 Å². The highest BCUT2D eigenvalue weighted by Gasteiger charge is 2.30. The SMILES string of the molecule is CC(C)(C)C(=O)N1CCN(c2ccc(-c3ccc(C=O)o3)cc2Cl)CC1. The van der Waals surface area contributed by atoms with Gasteiger partial charge < -0.3 is 14.2 Å². The molecule has 1 fully saturated rings. The highest BCUT2D eigenvalue weighted by molar-refractivity contribution is 6.33. The maximum absolute atomic E-state index is 12.4. The van der Waals surface area contributed by atoms with Crippen molar-refractivity contribution >= 4 is 29.5 Å². The zero-order chi connectivity index (χ0) is 18.9. The third-order valence-corrected chi connectivity index (χ3v) is 4.83. The number of halogens is 1. The molecule has 6 heteroatoms. The first kappa shape index (κ1) is 18.5. The summed E-state index contributed by atoms with van der Waals surface area (Å²) in [5.74, 6) is 1.09. The highest BCUT2D eigenvalue weighted by atomic mass is 35.5. The Labute approximate surface area is 158 Å². The van der Waals surface area contributed by atoms with E-state index in [2.05, 4.69) is 4.90 Å². The second-order valence-electron chi connectivity index (χ2n) is 7.52. The van der Waals surface area contributed by atoms with Crippen LogP contribution in [0.4, 0.5) is 5.69 Å². The first-order valence-electron chi connectivity index (χ1n) is 8.69. The number of nitrogens with zero attached hydrogens (tertiary/aromatic N) is 2. The van der Waals surface area contributed by atoms with E-state index in [0.717, 1.165) is 24.3 Å². The molecule has 0 bridgehead atoms. The van der Waals surface area contributed by atoms with Crippen LogP contribution in [0.3, 0.4) is 0 Å². The summed E-state index contributed by atoms with van der Waals surface area (Å²) in [5, 5.41) is 0.627. The van der Waals surface area contributed by atoms with E-state index >= 15 is 0 Å². The lowest BCUT2D eigenvalue weighted by atomic mass is 9.94. The second kappa shape index (κ2) is 7.16. The van der Waals surface area contributed by atoms with Crippen LogP contribution < -0.4 is 4.90 Å². The summed E-state index contributed by atoms with van der Waals surface area (Å²) in [6, 6.07) is 9.13. The van der Waals surface area contributed by atoms with Gasteiger partial charge in [-0.2, -0.15) is 0 Å². The number of rotatable bonds is 3. The normalized spacial score (nSPS) is 15.2. The number of anilines is 1. The molecule has 0 N–H and O–H groups in total. The Morgan fingerprint density at radius 1 is 1.12 bits per heavy atom. The lowest BCUT2D eigenvalue weighted by molar-refractivity contribution is -0.139. The number of carbonyl (C=O) groups is 2. The van der Waals surface area contributed by atoms with Gasteiger partial charge in [0.15, 0.2) is 12.0 Å². The molecule has 0 atom stereocenters. The van der Waals surface area contributed by atoms with Gasteiger partial charge in [0.2, 0.25) is 5.91 Å². The molecule has 1 aliphatic heterocycles. The first-order valence-corrected chi connectivity index (χ1v) is 9.06. The van der Waals surface area contributed by atoms with E-state index in [1.807, 2.05) is 43.9 Å². The number of piperazine rings is 1. The molecule has 2 heterocycles. The quantitative estimate of drug-likeness (QED) is 0.759. The minimum atomic E-state index is -0.356. The van der Waals surface area contributed by atoms with Crippen molar-refractivity contribution in [3.8, 4) is 11.3 Å². The molecule has 1 amide bonds. The lowest BCUT2D eigenvalue weighted by Gasteiger charge is -2.39. The van der Waals surface area contributed by atoms with Gasteiger partial charge >= 0.3 is 0 Å². The number of benzene rings is 1. The van der Waals surface area contributed by atoms with Crippen molar-refractivity contribution in [3.63, 3.8) is 0 Å². The van der Waals surface area contributed by atoms with Crippen LogP contribution in [0, 0.1) is 5.41 Å². The number of furan rings is 1. The zero-order valence-electron chi connectivity index (χ0n) is 15.3. The summed E-state index contributed by atoms with van der Waals surface area (Å²) in [6.07, 6.45) is 0.678. The van der Waals surface area contributed by atoms with Crippen molar-refractivity contribution in [2.75, 3.05) is 31.1 Å². The van der Waals surface area contributed by atoms with Crippen LogP contribution in [0.1, 0.15) is 31.3 Å². The second-order valence-corrected chi connectivity index (χ2v) is 7.92. The fourth-order valence-corrected chi connectivity index (χ4v) is 3.41. The topological polar surface area (TPSA) is 53.8 Å². The van der Waals surface area contributed by atoms with Crippen LogP contribution in [-0.2, 0) is 4.79 Å². The summed E-state index contributed by atoms with van der Waals surface area (Å²) in [5.41, 5.74) is 1.42. The minimum Gasteiger partial charge on any atom is -0.453 e. The number of aldehydes is 1. The number of amides is 1.